The highest BCUT2D eigenvalue weighted by Gasteiger charge is 1.98. The molecule has 12 heavy (non-hydrogen) atoms. The van der Waals surface area contributed by atoms with Gasteiger partial charge in [-0.3, -0.25) is 9.79 Å². The second kappa shape index (κ2) is 5.57. The Labute approximate surface area is 73.0 Å². The summed E-state index contributed by atoms with van der Waals surface area (Å²) in [6.45, 7) is 4.87. The highest BCUT2D eigenvalue weighted by atomic mass is 16.1. The summed E-state index contributed by atoms with van der Waals surface area (Å²) in [7, 11) is 0. The number of nitrogens with zero attached hydrogens (tertiary/aromatic N) is 1. The number of hydrogen-bond acceptors (Lipinski definition) is 2. The van der Waals surface area contributed by atoms with Gasteiger partial charge in [-0.25, -0.2) is 0 Å². The average molecular weight is 171 g/mol. The van der Waals surface area contributed by atoms with Crippen molar-refractivity contribution in [1.29, 1.82) is 0 Å². The monoisotopic (exact) mass is 171 g/mol. The molecule has 0 aliphatic heterocycles. The molecule has 0 aromatic carbocycles. The molecule has 0 saturated heterocycles. The van der Waals surface area contributed by atoms with Crippen molar-refractivity contribution in [1.82, 2.24) is 0 Å². The fourth-order valence-electron chi connectivity index (χ4n) is 0.777. The number of primary amides is 1. The van der Waals surface area contributed by atoms with Gasteiger partial charge in [-0.05, 0) is 18.8 Å². The third kappa shape index (κ3) is 5.70. The Morgan fingerprint density at radius 1 is 1.42 bits per heavy atom. The van der Waals surface area contributed by atoms with Crippen LogP contribution in [-0.4, -0.2) is 18.3 Å². The molecule has 0 saturated carbocycles. The van der Waals surface area contributed by atoms with E-state index in [0.29, 0.717) is 12.5 Å². The summed E-state index contributed by atoms with van der Waals surface area (Å²) in [4.78, 5) is 14.2. The zero-order valence-corrected chi connectivity index (χ0v) is 7.71. The van der Waals surface area contributed by atoms with Gasteiger partial charge in [-0.1, -0.05) is 13.8 Å². The molecule has 4 heteroatoms. The van der Waals surface area contributed by atoms with Crippen molar-refractivity contribution in [3.63, 3.8) is 0 Å². The normalized spacial score (nSPS) is 12.1. The van der Waals surface area contributed by atoms with E-state index in [9.17, 15) is 4.79 Å². The van der Waals surface area contributed by atoms with Crippen LogP contribution in [0.5, 0.6) is 0 Å². The lowest BCUT2D eigenvalue weighted by Gasteiger charge is -2.01. The molecule has 0 spiro atoms. The Bertz CT molecular complexity index is 175. The minimum absolute atomic E-state index is 0.0706. The van der Waals surface area contributed by atoms with Gasteiger partial charge in [0.25, 0.3) is 5.91 Å². The summed E-state index contributed by atoms with van der Waals surface area (Å²) in [6, 6.07) is 0. The second-order valence-electron chi connectivity index (χ2n) is 3.17. The molecule has 4 nitrogen and oxygen atoms in total. The molecule has 0 aliphatic rings. The number of amides is 1. The molecule has 0 rings (SSSR count). The molecule has 0 aromatic heterocycles. The zero-order valence-electron chi connectivity index (χ0n) is 7.71. The first-order valence-corrected chi connectivity index (χ1v) is 4.13. The lowest BCUT2D eigenvalue weighted by Crippen LogP contribution is -2.31. The molecular weight excluding hydrogens is 154 g/mol. The minimum atomic E-state index is -0.639. The SMILES string of the molecule is CC(C)CCCN=C(N)C(N)=O. The number of hydrogen-bond donors (Lipinski definition) is 2. The number of amidine groups is 1. The van der Waals surface area contributed by atoms with Crippen LogP contribution in [0.2, 0.25) is 0 Å². The lowest BCUT2D eigenvalue weighted by atomic mass is 10.1. The summed E-state index contributed by atoms with van der Waals surface area (Å²) >= 11 is 0. The summed E-state index contributed by atoms with van der Waals surface area (Å²) in [6.07, 6.45) is 2.04. The Kier molecular flexibility index (Phi) is 5.08. The van der Waals surface area contributed by atoms with Crippen molar-refractivity contribution in [3.05, 3.63) is 0 Å². The van der Waals surface area contributed by atoms with Gasteiger partial charge in [0.2, 0.25) is 0 Å². The van der Waals surface area contributed by atoms with E-state index in [0.717, 1.165) is 12.8 Å². The first-order chi connectivity index (χ1) is 5.54. The third-order valence-corrected chi connectivity index (χ3v) is 1.47. The van der Waals surface area contributed by atoms with Gasteiger partial charge >= 0.3 is 0 Å². The third-order valence-electron chi connectivity index (χ3n) is 1.47. The van der Waals surface area contributed by atoms with Gasteiger partial charge in [0, 0.05) is 6.54 Å². The van der Waals surface area contributed by atoms with Gasteiger partial charge in [-0.15, -0.1) is 0 Å². The smallest absolute Gasteiger partial charge is 0.283 e. The quantitative estimate of drug-likeness (QED) is 0.361. The Balaban J connectivity index is 3.54. The second-order valence-corrected chi connectivity index (χ2v) is 3.17. The zero-order chi connectivity index (χ0) is 9.56. The van der Waals surface area contributed by atoms with Gasteiger partial charge in [0.1, 0.15) is 0 Å². The van der Waals surface area contributed by atoms with Crippen molar-refractivity contribution in [2.45, 2.75) is 26.7 Å². The molecule has 0 atom stereocenters. The van der Waals surface area contributed by atoms with Crippen LogP contribution in [0.4, 0.5) is 0 Å². The maximum absolute atomic E-state index is 10.4. The number of carbonyl (C=O) groups excluding carboxylic acids is 1. The molecule has 0 aliphatic carbocycles. The maximum Gasteiger partial charge on any atom is 0.283 e. The number of rotatable bonds is 4. The van der Waals surface area contributed by atoms with E-state index in [1.807, 2.05) is 0 Å². The predicted octanol–water partition coefficient (Wildman–Crippen LogP) is 0.265. The van der Waals surface area contributed by atoms with Crippen LogP contribution in [0, 0.1) is 5.92 Å². The fraction of sp³-hybridized carbons (Fsp3) is 0.750. The Morgan fingerprint density at radius 3 is 2.42 bits per heavy atom. The van der Waals surface area contributed by atoms with E-state index < -0.39 is 5.91 Å². The van der Waals surface area contributed by atoms with Crippen molar-refractivity contribution in [2.75, 3.05) is 6.54 Å². The highest BCUT2D eigenvalue weighted by Crippen LogP contribution is 2.02. The summed E-state index contributed by atoms with van der Waals surface area (Å²) in [5.74, 6) is -0.0479. The Morgan fingerprint density at radius 2 is 2.00 bits per heavy atom. The fourth-order valence-corrected chi connectivity index (χ4v) is 0.777. The number of aliphatic imine (C=N–C) groups is 1. The van der Waals surface area contributed by atoms with E-state index in [2.05, 4.69) is 18.8 Å². The maximum atomic E-state index is 10.4. The van der Waals surface area contributed by atoms with Crippen molar-refractivity contribution < 1.29 is 4.79 Å². The van der Waals surface area contributed by atoms with Gasteiger partial charge in [0.15, 0.2) is 5.84 Å². The summed E-state index contributed by atoms with van der Waals surface area (Å²) in [5.41, 5.74) is 10.1. The van der Waals surface area contributed by atoms with Crippen molar-refractivity contribution in [2.24, 2.45) is 22.4 Å². The minimum Gasteiger partial charge on any atom is -0.379 e. The molecule has 0 aromatic rings. The first-order valence-electron chi connectivity index (χ1n) is 4.13. The molecule has 1 amide bonds. The van der Waals surface area contributed by atoms with Crippen LogP contribution < -0.4 is 11.5 Å². The highest BCUT2D eigenvalue weighted by molar-refractivity contribution is 6.36. The molecule has 0 fully saturated rings. The summed E-state index contributed by atoms with van der Waals surface area (Å²) < 4.78 is 0. The molecule has 0 radical (unpaired) electrons. The topological polar surface area (TPSA) is 81.5 Å². The van der Waals surface area contributed by atoms with Gasteiger partial charge in [0.05, 0.1) is 0 Å². The molecule has 4 N–H and O–H groups in total. The van der Waals surface area contributed by atoms with E-state index in [-0.39, 0.29) is 5.84 Å². The van der Waals surface area contributed by atoms with Crippen LogP contribution >= 0.6 is 0 Å². The van der Waals surface area contributed by atoms with E-state index in [4.69, 9.17) is 11.5 Å². The van der Waals surface area contributed by atoms with E-state index in [1.54, 1.807) is 0 Å². The van der Waals surface area contributed by atoms with E-state index in [1.165, 1.54) is 0 Å². The molecule has 0 unspecified atom stereocenters. The standard InChI is InChI=1S/C8H17N3O/c1-6(2)4-3-5-11-7(9)8(10)12/h6H,3-5H2,1-2H3,(H2,9,11)(H2,10,12). The van der Waals surface area contributed by atoms with Crippen LogP contribution in [0.15, 0.2) is 4.99 Å². The predicted molar refractivity (Wildman–Crippen MR) is 49.8 cm³/mol. The van der Waals surface area contributed by atoms with E-state index >= 15 is 0 Å². The van der Waals surface area contributed by atoms with Crippen molar-refractivity contribution in [3.8, 4) is 0 Å². The van der Waals surface area contributed by atoms with Crippen LogP contribution in [0.25, 0.3) is 0 Å². The molecule has 0 heterocycles. The number of carbonyl (C=O) groups is 1. The Hall–Kier alpha value is -1.06. The van der Waals surface area contributed by atoms with Crippen molar-refractivity contribution >= 4 is 11.7 Å². The van der Waals surface area contributed by atoms with Crippen LogP contribution in [-0.2, 0) is 4.79 Å². The van der Waals surface area contributed by atoms with Gasteiger partial charge < -0.3 is 11.5 Å². The molecule has 70 valence electrons. The largest absolute Gasteiger partial charge is 0.379 e. The van der Waals surface area contributed by atoms with Crippen LogP contribution in [0.3, 0.4) is 0 Å². The van der Waals surface area contributed by atoms with Gasteiger partial charge in [-0.2, -0.15) is 0 Å². The summed E-state index contributed by atoms with van der Waals surface area (Å²) in [5, 5.41) is 0. The molecular formula is C8H17N3O. The van der Waals surface area contributed by atoms with Crippen LogP contribution in [0.1, 0.15) is 26.7 Å². The first kappa shape index (κ1) is 10.9. The number of nitrogens with two attached hydrogens (primary N) is 2. The average Bonchev–Trinajstić information content (AvgIpc) is 1.97. The molecule has 0 bridgehead atoms. The lowest BCUT2D eigenvalue weighted by molar-refractivity contribution is -0.112.